The van der Waals surface area contributed by atoms with Gasteiger partial charge in [0.25, 0.3) is 0 Å². The minimum Gasteiger partial charge on any atom is -0.481 e. The number of carboxylic acids is 1. The standard InChI is InChI=1S/C15H17NO4S/c1-16(5-7-20-6-4-15(18)19)12-3-2-11-8-13(10-17)21-14(11)9-12/h2-3,8-10H,4-7H2,1H3,(H,18,19). The highest BCUT2D eigenvalue weighted by molar-refractivity contribution is 7.20. The largest absolute Gasteiger partial charge is 0.481 e. The van der Waals surface area contributed by atoms with Crippen molar-refractivity contribution in [2.45, 2.75) is 6.42 Å². The molecular weight excluding hydrogens is 290 g/mol. The molecule has 0 aliphatic carbocycles. The average Bonchev–Trinajstić information content (AvgIpc) is 2.88. The average molecular weight is 307 g/mol. The number of fused-ring (bicyclic) bond motifs is 1. The van der Waals surface area contributed by atoms with Crippen LogP contribution in [0.1, 0.15) is 16.1 Å². The lowest BCUT2D eigenvalue weighted by Crippen LogP contribution is -2.22. The molecule has 1 aromatic heterocycles. The Kier molecular flexibility index (Phi) is 5.30. The summed E-state index contributed by atoms with van der Waals surface area (Å²) >= 11 is 1.47. The number of anilines is 1. The third-order valence-electron chi connectivity index (χ3n) is 3.11. The van der Waals surface area contributed by atoms with E-state index < -0.39 is 5.97 Å². The normalized spacial score (nSPS) is 10.7. The lowest BCUT2D eigenvalue weighted by molar-refractivity contribution is -0.138. The zero-order chi connectivity index (χ0) is 15.2. The van der Waals surface area contributed by atoms with Crippen LogP contribution >= 0.6 is 11.3 Å². The van der Waals surface area contributed by atoms with Gasteiger partial charge < -0.3 is 14.7 Å². The molecule has 0 aliphatic heterocycles. The molecule has 1 heterocycles. The van der Waals surface area contributed by atoms with Gasteiger partial charge in [0.05, 0.1) is 24.5 Å². The van der Waals surface area contributed by atoms with Crippen LogP contribution < -0.4 is 4.90 Å². The molecular formula is C15H17NO4S. The lowest BCUT2D eigenvalue weighted by atomic mass is 10.2. The van der Waals surface area contributed by atoms with Crippen LogP contribution in [0, 0.1) is 0 Å². The number of rotatable bonds is 8. The van der Waals surface area contributed by atoms with Crippen molar-refractivity contribution in [3.05, 3.63) is 29.1 Å². The second kappa shape index (κ2) is 7.19. The van der Waals surface area contributed by atoms with Crippen molar-refractivity contribution >= 4 is 39.4 Å². The highest BCUT2D eigenvalue weighted by Gasteiger charge is 2.06. The molecule has 5 nitrogen and oxygen atoms in total. The number of hydrogen-bond donors (Lipinski definition) is 1. The molecule has 6 heteroatoms. The van der Waals surface area contributed by atoms with E-state index in [9.17, 15) is 9.59 Å². The van der Waals surface area contributed by atoms with E-state index >= 15 is 0 Å². The van der Waals surface area contributed by atoms with Crippen molar-refractivity contribution < 1.29 is 19.4 Å². The highest BCUT2D eigenvalue weighted by atomic mass is 32.1. The van der Waals surface area contributed by atoms with Gasteiger partial charge in [0.2, 0.25) is 0 Å². The molecule has 0 amide bonds. The van der Waals surface area contributed by atoms with Crippen LogP contribution in [0.5, 0.6) is 0 Å². The van der Waals surface area contributed by atoms with E-state index in [0.717, 1.165) is 26.9 Å². The fraction of sp³-hybridized carbons (Fsp3) is 0.333. The Morgan fingerprint density at radius 1 is 1.38 bits per heavy atom. The minimum absolute atomic E-state index is 0.0271. The van der Waals surface area contributed by atoms with Crippen LogP contribution in [0.2, 0.25) is 0 Å². The predicted molar refractivity (Wildman–Crippen MR) is 83.6 cm³/mol. The topological polar surface area (TPSA) is 66.8 Å². The summed E-state index contributed by atoms with van der Waals surface area (Å²) in [7, 11) is 1.95. The Balaban J connectivity index is 1.91. The highest BCUT2D eigenvalue weighted by Crippen LogP contribution is 2.28. The van der Waals surface area contributed by atoms with Gasteiger partial charge >= 0.3 is 5.97 Å². The molecule has 2 aromatic rings. The number of thiophene rings is 1. The third kappa shape index (κ3) is 4.27. The summed E-state index contributed by atoms with van der Waals surface area (Å²) in [4.78, 5) is 23.9. The zero-order valence-corrected chi connectivity index (χ0v) is 12.6. The number of nitrogens with zero attached hydrogens (tertiary/aromatic N) is 1. The number of benzene rings is 1. The Labute approximate surface area is 126 Å². The van der Waals surface area contributed by atoms with Gasteiger partial charge in [-0.2, -0.15) is 0 Å². The molecule has 0 spiro atoms. The first-order valence-corrected chi connectivity index (χ1v) is 7.41. The Bertz CT molecular complexity index is 638. The van der Waals surface area contributed by atoms with Crippen molar-refractivity contribution in [1.82, 2.24) is 0 Å². The molecule has 0 saturated heterocycles. The van der Waals surface area contributed by atoms with Gasteiger partial charge in [-0.05, 0) is 23.6 Å². The number of likely N-dealkylation sites (N-methyl/N-ethyl adjacent to an activating group) is 1. The fourth-order valence-corrected chi connectivity index (χ4v) is 2.84. The molecule has 0 fully saturated rings. The quantitative estimate of drug-likeness (QED) is 0.600. The number of carbonyl (C=O) groups is 2. The Morgan fingerprint density at radius 3 is 2.90 bits per heavy atom. The summed E-state index contributed by atoms with van der Waals surface area (Å²) < 4.78 is 6.36. The molecule has 0 aliphatic rings. The fourth-order valence-electron chi connectivity index (χ4n) is 1.93. The Hall–Kier alpha value is -1.92. The second-order valence-corrected chi connectivity index (χ2v) is 5.78. The first-order valence-electron chi connectivity index (χ1n) is 6.59. The van der Waals surface area contributed by atoms with Gasteiger partial charge in [0.1, 0.15) is 0 Å². The monoisotopic (exact) mass is 307 g/mol. The molecule has 1 N–H and O–H groups in total. The van der Waals surface area contributed by atoms with E-state index in [4.69, 9.17) is 9.84 Å². The molecule has 0 atom stereocenters. The molecule has 0 saturated carbocycles. The van der Waals surface area contributed by atoms with E-state index in [1.807, 2.05) is 36.2 Å². The van der Waals surface area contributed by atoms with Crippen molar-refractivity contribution in [3.63, 3.8) is 0 Å². The van der Waals surface area contributed by atoms with E-state index in [-0.39, 0.29) is 13.0 Å². The summed E-state index contributed by atoms with van der Waals surface area (Å²) in [5.41, 5.74) is 1.05. The van der Waals surface area contributed by atoms with Crippen LogP contribution in [0.15, 0.2) is 24.3 Å². The molecule has 0 bridgehead atoms. The van der Waals surface area contributed by atoms with Gasteiger partial charge in [-0.3, -0.25) is 9.59 Å². The smallest absolute Gasteiger partial charge is 0.305 e. The van der Waals surface area contributed by atoms with Crippen LogP contribution in [0.3, 0.4) is 0 Å². The number of aliphatic carboxylic acids is 1. The molecule has 21 heavy (non-hydrogen) atoms. The SMILES string of the molecule is CN(CCOCCC(=O)O)c1ccc2cc(C=O)sc2c1. The lowest BCUT2D eigenvalue weighted by Gasteiger charge is -2.19. The molecule has 0 unspecified atom stereocenters. The van der Waals surface area contributed by atoms with Crippen LogP contribution in [0.4, 0.5) is 5.69 Å². The van der Waals surface area contributed by atoms with Gasteiger partial charge in [-0.1, -0.05) is 6.07 Å². The maximum absolute atomic E-state index is 10.8. The molecule has 2 rings (SSSR count). The van der Waals surface area contributed by atoms with E-state index in [2.05, 4.69) is 0 Å². The van der Waals surface area contributed by atoms with E-state index in [1.54, 1.807) is 0 Å². The molecule has 0 radical (unpaired) electrons. The van der Waals surface area contributed by atoms with Crippen molar-refractivity contribution in [2.75, 3.05) is 31.7 Å². The summed E-state index contributed by atoms with van der Waals surface area (Å²) in [6.45, 7) is 1.39. The second-order valence-electron chi connectivity index (χ2n) is 4.67. The van der Waals surface area contributed by atoms with E-state index in [1.165, 1.54) is 11.3 Å². The van der Waals surface area contributed by atoms with Crippen molar-refractivity contribution in [1.29, 1.82) is 0 Å². The van der Waals surface area contributed by atoms with Gasteiger partial charge in [-0.25, -0.2) is 0 Å². The van der Waals surface area contributed by atoms with Gasteiger partial charge in [0.15, 0.2) is 6.29 Å². The minimum atomic E-state index is -0.850. The van der Waals surface area contributed by atoms with Gasteiger partial charge in [-0.15, -0.1) is 11.3 Å². The van der Waals surface area contributed by atoms with Crippen LogP contribution in [0.25, 0.3) is 10.1 Å². The first kappa shape index (κ1) is 15.5. The third-order valence-corrected chi connectivity index (χ3v) is 4.13. The summed E-state index contributed by atoms with van der Waals surface area (Å²) in [6.07, 6.45) is 0.893. The molecule has 112 valence electrons. The van der Waals surface area contributed by atoms with Crippen molar-refractivity contribution in [2.24, 2.45) is 0 Å². The van der Waals surface area contributed by atoms with E-state index in [0.29, 0.717) is 13.2 Å². The van der Waals surface area contributed by atoms with Gasteiger partial charge in [0, 0.05) is 24.0 Å². The zero-order valence-electron chi connectivity index (χ0n) is 11.7. The summed E-state index contributed by atoms with van der Waals surface area (Å²) in [6, 6.07) is 7.92. The summed E-state index contributed by atoms with van der Waals surface area (Å²) in [5.74, 6) is -0.850. The number of ether oxygens (including phenoxy) is 1. The first-order chi connectivity index (χ1) is 10.1. The maximum Gasteiger partial charge on any atom is 0.305 e. The number of hydrogen-bond acceptors (Lipinski definition) is 5. The van der Waals surface area contributed by atoms with Crippen LogP contribution in [-0.4, -0.2) is 44.2 Å². The number of carboxylic acid groups (broad SMARTS) is 1. The van der Waals surface area contributed by atoms with Crippen LogP contribution in [-0.2, 0) is 9.53 Å². The molecule has 1 aromatic carbocycles. The van der Waals surface area contributed by atoms with Crippen molar-refractivity contribution in [3.8, 4) is 0 Å². The maximum atomic E-state index is 10.8. The predicted octanol–water partition coefficient (Wildman–Crippen LogP) is 2.64. The Morgan fingerprint density at radius 2 is 2.19 bits per heavy atom. The number of carbonyl (C=O) groups excluding carboxylic acids is 1. The summed E-state index contributed by atoms with van der Waals surface area (Å²) in [5, 5.41) is 9.58. The number of aldehydes is 1.